The fourth-order valence-electron chi connectivity index (χ4n) is 3.29. The first kappa shape index (κ1) is 18.4. The molecule has 140 valence electrons. The normalized spacial score (nSPS) is 15.7. The second-order valence-electron chi connectivity index (χ2n) is 7.28. The van der Waals surface area contributed by atoms with Gasteiger partial charge in [0.15, 0.2) is 0 Å². The van der Waals surface area contributed by atoms with Crippen molar-refractivity contribution in [3.05, 3.63) is 36.0 Å². The van der Waals surface area contributed by atoms with Gasteiger partial charge in [0.05, 0.1) is 6.10 Å². The van der Waals surface area contributed by atoms with Gasteiger partial charge in [0.1, 0.15) is 17.8 Å². The van der Waals surface area contributed by atoms with Crippen LogP contribution in [0.25, 0.3) is 0 Å². The summed E-state index contributed by atoms with van der Waals surface area (Å²) in [6.45, 7) is 9.54. The monoisotopic (exact) mass is 357 g/mol. The number of carbonyl (C=O) groups is 1. The van der Waals surface area contributed by atoms with Crippen molar-refractivity contribution in [2.75, 3.05) is 13.1 Å². The molecule has 26 heavy (non-hydrogen) atoms. The highest BCUT2D eigenvalue weighted by Gasteiger charge is 2.28. The molecule has 2 aromatic heterocycles. The van der Waals surface area contributed by atoms with Crippen LogP contribution >= 0.6 is 0 Å². The summed E-state index contributed by atoms with van der Waals surface area (Å²) in [7, 11) is 0. The van der Waals surface area contributed by atoms with Gasteiger partial charge in [0.2, 0.25) is 5.88 Å². The lowest BCUT2D eigenvalue weighted by atomic mass is 9.95. The summed E-state index contributed by atoms with van der Waals surface area (Å²) in [6.07, 6.45) is 3.60. The molecule has 0 unspecified atom stereocenters. The maximum atomic E-state index is 12.8. The van der Waals surface area contributed by atoms with Gasteiger partial charge in [-0.05, 0) is 46.6 Å². The van der Waals surface area contributed by atoms with E-state index in [1.807, 2.05) is 24.8 Å². The maximum Gasteiger partial charge on any atom is 0.272 e. The van der Waals surface area contributed by atoms with Gasteiger partial charge in [-0.1, -0.05) is 6.07 Å². The SMILES string of the molecule is CC(C)Oc1cccc(C(=O)N2CCC(c3nncn3C(C)C)CC2)n1. The van der Waals surface area contributed by atoms with E-state index in [1.54, 1.807) is 18.5 Å². The molecule has 0 radical (unpaired) electrons. The van der Waals surface area contributed by atoms with Crippen molar-refractivity contribution in [1.29, 1.82) is 0 Å². The topological polar surface area (TPSA) is 73.1 Å². The number of hydrogen-bond acceptors (Lipinski definition) is 5. The minimum absolute atomic E-state index is 0.0295. The number of carbonyl (C=O) groups excluding carboxylic acids is 1. The van der Waals surface area contributed by atoms with Crippen molar-refractivity contribution >= 4 is 5.91 Å². The Kier molecular flexibility index (Phi) is 5.54. The summed E-state index contributed by atoms with van der Waals surface area (Å²) >= 11 is 0. The Balaban J connectivity index is 1.64. The summed E-state index contributed by atoms with van der Waals surface area (Å²) < 4.78 is 7.72. The minimum Gasteiger partial charge on any atom is -0.475 e. The van der Waals surface area contributed by atoms with E-state index in [0.717, 1.165) is 18.7 Å². The smallest absolute Gasteiger partial charge is 0.272 e. The molecule has 0 N–H and O–H groups in total. The molecule has 1 fully saturated rings. The van der Waals surface area contributed by atoms with Gasteiger partial charge in [0, 0.05) is 31.1 Å². The third kappa shape index (κ3) is 4.03. The molecular weight excluding hydrogens is 330 g/mol. The molecule has 0 aliphatic carbocycles. The van der Waals surface area contributed by atoms with E-state index in [2.05, 4.69) is 33.6 Å². The Morgan fingerprint density at radius 2 is 1.92 bits per heavy atom. The molecule has 0 atom stereocenters. The maximum absolute atomic E-state index is 12.8. The predicted molar refractivity (Wildman–Crippen MR) is 98.3 cm³/mol. The summed E-state index contributed by atoms with van der Waals surface area (Å²) in [4.78, 5) is 19.0. The standard InChI is InChI=1S/C19H27N5O2/c1-13(2)24-12-20-22-18(24)15-8-10-23(11-9-15)19(25)16-6-5-7-17(21-16)26-14(3)4/h5-7,12-15H,8-11H2,1-4H3. The first-order valence-electron chi connectivity index (χ1n) is 9.28. The number of ether oxygens (including phenoxy) is 1. The largest absolute Gasteiger partial charge is 0.475 e. The zero-order valence-electron chi connectivity index (χ0n) is 15.9. The van der Waals surface area contributed by atoms with Crippen molar-refractivity contribution in [2.45, 2.75) is 58.6 Å². The Bertz CT molecular complexity index is 748. The lowest BCUT2D eigenvalue weighted by Crippen LogP contribution is -2.38. The third-order valence-corrected chi connectivity index (χ3v) is 4.60. The molecule has 1 amide bonds. The Morgan fingerprint density at radius 1 is 1.19 bits per heavy atom. The van der Waals surface area contributed by atoms with E-state index in [0.29, 0.717) is 36.6 Å². The van der Waals surface area contributed by atoms with Gasteiger partial charge in [-0.15, -0.1) is 10.2 Å². The highest BCUT2D eigenvalue weighted by atomic mass is 16.5. The van der Waals surface area contributed by atoms with Gasteiger partial charge in [-0.25, -0.2) is 4.98 Å². The number of hydrogen-bond donors (Lipinski definition) is 0. The fourth-order valence-corrected chi connectivity index (χ4v) is 3.29. The van der Waals surface area contributed by atoms with Crippen molar-refractivity contribution in [3.63, 3.8) is 0 Å². The number of rotatable bonds is 5. The van der Waals surface area contributed by atoms with Gasteiger partial charge >= 0.3 is 0 Å². The van der Waals surface area contributed by atoms with Gasteiger partial charge in [-0.2, -0.15) is 0 Å². The molecule has 0 bridgehead atoms. The molecule has 3 rings (SSSR count). The summed E-state index contributed by atoms with van der Waals surface area (Å²) in [5, 5.41) is 8.37. The van der Waals surface area contributed by atoms with E-state index < -0.39 is 0 Å². The second-order valence-corrected chi connectivity index (χ2v) is 7.28. The number of likely N-dealkylation sites (tertiary alicyclic amines) is 1. The predicted octanol–water partition coefficient (Wildman–Crippen LogP) is 3.06. The van der Waals surface area contributed by atoms with E-state index in [1.165, 1.54) is 0 Å². The van der Waals surface area contributed by atoms with Gasteiger partial charge in [0.25, 0.3) is 5.91 Å². The first-order valence-corrected chi connectivity index (χ1v) is 9.28. The second kappa shape index (κ2) is 7.85. The molecule has 1 aliphatic rings. The van der Waals surface area contributed by atoms with Crippen LogP contribution in [0.15, 0.2) is 24.5 Å². The molecule has 1 aliphatic heterocycles. The Hall–Kier alpha value is -2.44. The number of aromatic nitrogens is 4. The molecule has 7 nitrogen and oxygen atoms in total. The van der Waals surface area contributed by atoms with Crippen LogP contribution in [-0.2, 0) is 0 Å². The number of nitrogens with zero attached hydrogens (tertiary/aromatic N) is 5. The molecular formula is C19H27N5O2. The van der Waals surface area contributed by atoms with Crippen LogP contribution < -0.4 is 4.74 Å². The lowest BCUT2D eigenvalue weighted by molar-refractivity contribution is 0.0702. The van der Waals surface area contributed by atoms with E-state index in [9.17, 15) is 4.79 Å². The molecule has 0 aromatic carbocycles. The third-order valence-electron chi connectivity index (χ3n) is 4.60. The van der Waals surface area contributed by atoms with E-state index >= 15 is 0 Å². The zero-order valence-corrected chi connectivity index (χ0v) is 15.9. The average molecular weight is 357 g/mol. The Morgan fingerprint density at radius 3 is 2.58 bits per heavy atom. The molecule has 7 heteroatoms. The summed E-state index contributed by atoms with van der Waals surface area (Å²) in [6, 6.07) is 5.68. The van der Waals surface area contributed by atoms with Crippen molar-refractivity contribution in [1.82, 2.24) is 24.6 Å². The number of piperidine rings is 1. The van der Waals surface area contributed by atoms with Crippen LogP contribution in [-0.4, -0.2) is 49.7 Å². The quantitative estimate of drug-likeness (QED) is 0.822. The molecule has 1 saturated heterocycles. The van der Waals surface area contributed by atoms with E-state index in [-0.39, 0.29) is 12.0 Å². The fraction of sp³-hybridized carbons (Fsp3) is 0.579. The highest BCUT2D eigenvalue weighted by Crippen LogP contribution is 2.28. The van der Waals surface area contributed by atoms with Gasteiger partial charge < -0.3 is 14.2 Å². The minimum atomic E-state index is -0.0389. The lowest BCUT2D eigenvalue weighted by Gasteiger charge is -2.31. The zero-order chi connectivity index (χ0) is 18.7. The molecule has 2 aromatic rings. The van der Waals surface area contributed by atoms with Crippen LogP contribution in [0, 0.1) is 0 Å². The molecule has 3 heterocycles. The number of amides is 1. The van der Waals surface area contributed by atoms with Crippen LogP contribution in [0.5, 0.6) is 5.88 Å². The van der Waals surface area contributed by atoms with Crippen LogP contribution in [0.2, 0.25) is 0 Å². The summed E-state index contributed by atoms with van der Waals surface area (Å²) in [5.41, 5.74) is 0.437. The first-order chi connectivity index (χ1) is 12.5. The molecule has 0 saturated carbocycles. The van der Waals surface area contributed by atoms with Crippen molar-refractivity contribution < 1.29 is 9.53 Å². The van der Waals surface area contributed by atoms with E-state index in [4.69, 9.17) is 4.74 Å². The van der Waals surface area contributed by atoms with Gasteiger partial charge in [-0.3, -0.25) is 4.79 Å². The number of pyridine rings is 1. The highest BCUT2D eigenvalue weighted by molar-refractivity contribution is 5.92. The van der Waals surface area contributed by atoms with Crippen molar-refractivity contribution in [2.24, 2.45) is 0 Å². The van der Waals surface area contributed by atoms with Crippen LogP contribution in [0.3, 0.4) is 0 Å². The Labute approximate surface area is 154 Å². The van der Waals surface area contributed by atoms with Crippen LogP contribution in [0.4, 0.5) is 0 Å². The van der Waals surface area contributed by atoms with Crippen molar-refractivity contribution in [3.8, 4) is 5.88 Å². The summed E-state index contributed by atoms with van der Waals surface area (Å²) in [5.74, 6) is 1.82. The average Bonchev–Trinajstić information content (AvgIpc) is 3.11. The molecule has 0 spiro atoms. The van der Waals surface area contributed by atoms with Crippen LogP contribution in [0.1, 0.15) is 68.8 Å².